The molecule has 0 aliphatic rings. The molecule has 0 spiro atoms. The monoisotopic (exact) mass is 340 g/mol. The summed E-state index contributed by atoms with van der Waals surface area (Å²) >= 11 is 1.26. The van der Waals surface area contributed by atoms with Gasteiger partial charge in [0.2, 0.25) is 5.91 Å². The molecule has 0 saturated heterocycles. The maximum Gasteiger partial charge on any atom is 0.230 e. The van der Waals surface area contributed by atoms with Gasteiger partial charge in [-0.25, -0.2) is 8.78 Å². The van der Waals surface area contributed by atoms with Crippen molar-refractivity contribution in [3.63, 3.8) is 0 Å². The van der Waals surface area contributed by atoms with Crippen molar-refractivity contribution in [3.05, 3.63) is 41.7 Å². The number of halogens is 2. The zero-order valence-electron chi connectivity index (χ0n) is 13.1. The van der Waals surface area contributed by atoms with Crippen molar-refractivity contribution in [2.24, 2.45) is 0 Å². The third kappa shape index (κ3) is 4.51. The average molecular weight is 340 g/mol. The van der Waals surface area contributed by atoms with E-state index >= 15 is 0 Å². The number of amides is 1. The molecule has 1 aromatic carbocycles. The van der Waals surface area contributed by atoms with Crippen LogP contribution >= 0.6 is 11.8 Å². The van der Waals surface area contributed by atoms with Crippen LogP contribution in [0.1, 0.15) is 38.4 Å². The van der Waals surface area contributed by atoms with E-state index < -0.39 is 17.7 Å². The van der Waals surface area contributed by atoms with E-state index in [1.54, 1.807) is 13.3 Å². The second-order valence-corrected chi connectivity index (χ2v) is 6.30. The van der Waals surface area contributed by atoms with Crippen molar-refractivity contribution < 1.29 is 13.6 Å². The first-order valence-electron chi connectivity index (χ1n) is 7.15. The normalized spacial score (nSPS) is 12.4. The quantitative estimate of drug-likeness (QED) is 0.821. The van der Waals surface area contributed by atoms with Gasteiger partial charge in [-0.15, -0.1) is 10.2 Å². The Labute approximate surface area is 137 Å². The lowest BCUT2D eigenvalue weighted by Crippen LogP contribution is -2.28. The van der Waals surface area contributed by atoms with Gasteiger partial charge in [0.25, 0.3) is 0 Å². The topological polar surface area (TPSA) is 59.8 Å². The minimum absolute atomic E-state index is 0.137. The van der Waals surface area contributed by atoms with E-state index in [1.807, 2.05) is 18.4 Å². The summed E-state index contributed by atoms with van der Waals surface area (Å²) in [5, 5.41) is 11.1. The lowest BCUT2D eigenvalue weighted by atomic mass is 10.1. The van der Waals surface area contributed by atoms with Crippen LogP contribution in [0.5, 0.6) is 0 Å². The van der Waals surface area contributed by atoms with Gasteiger partial charge in [-0.3, -0.25) is 4.79 Å². The van der Waals surface area contributed by atoms with Gasteiger partial charge in [0.1, 0.15) is 18.0 Å². The zero-order valence-corrected chi connectivity index (χ0v) is 13.9. The summed E-state index contributed by atoms with van der Waals surface area (Å²) in [7, 11) is 0. The number of thioether (sulfide) groups is 1. The summed E-state index contributed by atoms with van der Waals surface area (Å²) < 4.78 is 28.5. The number of nitrogens with one attached hydrogen (secondary N) is 1. The largest absolute Gasteiger partial charge is 0.349 e. The molecule has 2 rings (SSSR count). The second-order valence-electron chi connectivity index (χ2n) is 5.36. The molecule has 1 N–H and O–H groups in total. The van der Waals surface area contributed by atoms with Crippen LogP contribution in [0.4, 0.5) is 8.78 Å². The van der Waals surface area contributed by atoms with Crippen LogP contribution in [0.25, 0.3) is 0 Å². The molecule has 1 aromatic heterocycles. The fraction of sp³-hybridized carbons (Fsp3) is 0.400. The molecule has 0 aliphatic carbocycles. The molecule has 0 saturated carbocycles. The van der Waals surface area contributed by atoms with E-state index in [0.29, 0.717) is 5.16 Å². The number of rotatable bonds is 6. The molecule has 1 amide bonds. The smallest absolute Gasteiger partial charge is 0.230 e. The molecule has 8 heteroatoms. The molecule has 124 valence electrons. The Morgan fingerprint density at radius 1 is 1.35 bits per heavy atom. The van der Waals surface area contributed by atoms with Crippen LogP contribution in [-0.2, 0) is 4.79 Å². The number of carbonyl (C=O) groups excluding carboxylic acids is 1. The third-order valence-corrected chi connectivity index (χ3v) is 4.19. The van der Waals surface area contributed by atoms with Gasteiger partial charge in [-0.2, -0.15) is 0 Å². The molecule has 0 bridgehead atoms. The fourth-order valence-electron chi connectivity index (χ4n) is 2.03. The van der Waals surface area contributed by atoms with Crippen LogP contribution in [0.15, 0.2) is 29.7 Å². The highest BCUT2D eigenvalue weighted by Gasteiger charge is 2.16. The molecule has 0 radical (unpaired) electrons. The molecule has 0 unspecified atom stereocenters. The fourth-order valence-corrected chi connectivity index (χ4v) is 2.89. The third-order valence-electron chi connectivity index (χ3n) is 3.24. The minimum Gasteiger partial charge on any atom is -0.349 e. The zero-order chi connectivity index (χ0) is 17.0. The number of benzene rings is 1. The Hall–Kier alpha value is -1.96. The van der Waals surface area contributed by atoms with Gasteiger partial charge >= 0.3 is 0 Å². The Bertz CT molecular complexity index is 690. The molecular formula is C15H18F2N4OS. The molecule has 23 heavy (non-hydrogen) atoms. The first kappa shape index (κ1) is 17.4. The van der Waals surface area contributed by atoms with Crippen molar-refractivity contribution in [1.82, 2.24) is 20.1 Å². The Balaban J connectivity index is 1.93. The number of hydrogen-bond acceptors (Lipinski definition) is 4. The lowest BCUT2D eigenvalue weighted by Gasteiger charge is -2.15. The van der Waals surface area contributed by atoms with E-state index in [4.69, 9.17) is 0 Å². The van der Waals surface area contributed by atoms with E-state index in [0.717, 1.165) is 6.07 Å². The Kier molecular flexibility index (Phi) is 5.70. The SMILES string of the molecule is CC(C)n1cnnc1SCC(=O)N[C@H](C)c1ccc(F)cc1F. The molecule has 2 aromatic rings. The maximum absolute atomic E-state index is 13.7. The highest BCUT2D eigenvalue weighted by atomic mass is 32.2. The highest BCUT2D eigenvalue weighted by molar-refractivity contribution is 7.99. The van der Waals surface area contributed by atoms with Crippen LogP contribution in [0.2, 0.25) is 0 Å². The molecular weight excluding hydrogens is 322 g/mol. The van der Waals surface area contributed by atoms with E-state index in [1.165, 1.54) is 23.9 Å². The van der Waals surface area contributed by atoms with E-state index in [9.17, 15) is 13.6 Å². The number of hydrogen-bond donors (Lipinski definition) is 1. The van der Waals surface area contributed by atoms with Crippen molar-refractivity contribution in [2.45, 2.75) is 38.0 Å². The van der Waals surface area contributed by atoms with Crippen LogP contribution < -0.4 is 5.32 Å². The minimum atomic E-state index is -0.676. The molecule has 0 aliphatic heterocycles. The molecule has 1 heterocycles. The number of nitrogens with zero attached hydrogens (tertiary/aromatic N) is 3. The molecule has 5 nitrogen and oxygen atoms in total. The Morgan fingerprint density at radius 3 is 2.74 bits per heavy atom. The summed E-state index contributed by atoms with van der Waals surface area (Å²) in [6, 6.07) is 2.95. The predicted octanol–water partition coefficient (Wildman–Crippen LogP) is 3.11. The summed E-state index contributed by atoms with van der Waals surface area (Å²) in [4.78, 5) is 12.0. The summed E-state index contributed by atoms with van der Waals surface area (Å²) in [5.74, 6) is -1.44. The van der Waals surface area contributed by atoms with Gasteiger partial charge in [0, 0.05) is 17.7 Å². The van der Waals surface area contributed by atoms with Crippen molar-refractivity contribution in [3.8, 4) is 0 Å². The van der Waals surface area contributed by atoms with Crippen LogP contribution in [-0.4, -0.2) is 26.4 Å². The number of aromatic nitrogens is 3. The van der Waals surface area contributed by atoms with Crippen molar-refractivity contribution in [1.29, 1.82) is 0 Å². The highest BCUT2D eigenvalue weighted by Crippen LogP contribution is 2.20. The standard InChI is InChI=1S/C15H18F2N4OS/c1-9(2)21-8-18-20-15(21)23-7-14(22)19-10(3)12-5-4-11(16)6-13(12)17/h4-6,8-10H,7H2,1-3H3,(H,19,22)/t10-/m1/s1. The lowest BCUT2D eigenvalue weighted by molar-refractivity contribution is -0.119. The first-order chi connectivity index (χ1) is 10.9. The second kappa shape index (κ2) is 7.54. The predicted molar refractivity (Wildman–Crippen MR) is 84.0 cm³/mol. The van der Waals surface area contributed by atoms with Crippen molar-refractivity contribution >= 4 is 17.7 Å². The summed E-state index contributed by atoms with van der Waals surface area (Å²) in [5.41, 5.74) is 0.245. The first-order valence-corrected chi connectivity index (χ1v) is 8.13. The van der Waals surface area contributed by atoms with Crippen LogP contribution in [0.3, 0.4) is 0 Å². The molecule has 1 atom stereocenters. The van der Waals surface area contributed by atoms with Crippen LogP contribution in [0, 0.1) is 11.6 Å². The average Bonchev–Trinajstić information content (AvgIpc) is 2.93. The number of carbonyl (C=O) groups is 1. The van der Waals surface area contributed by atoms with E-state index in [2.05, 4.69) is 15.5 Å². The molecule has 0 fully saturated rings. The van der Waals surface area contributed by atoms with E-state index in [-0.39, 0.29) is 23.3 Å². The maximum atomic E-state index is 13.7. The summed E-state index contributed by atoms with van der Waals surface area (Å²) in [6.07, 6.45) is 1.61. The van der Waals surface area contributed by atoms with Gasteiger partial charge in [0.05, 0.1) is 11.8 Å². The Morgan fingerprint density at radius 2 is 2.09 bits per heavy atom. The van der Waals surface area contributed by atoms with Gasteiger partial charge in [0.15, 0.2) is 5.16 Å². The summed E-state index contributed by atoms with van der Waals surface area (Å²) in [6.45, 7) is 5.63. The van der Waals surface area contributed by atoms with Gasteiger partial charge in [-0.05, 0) is 26.8 Å². The van der Waals surface area contributed by atoms with Gasteiger partial charge in [-0.1, -0.05) is 17.8 Å². The van der Waals surface area contributed by atoms with Crippen molar-refractivity contribution in [2.75, 3.05) is 5.75 Å². The van der Waals surface area contributed by atoms with Gasteiger partial charge < -0.3 is 9.88 Å².